The summed E-state index contributed by atoms with van der Waals surface area (Å²) in [7, 11) is 0. The van der Waals surface area contributed by atoms with Gasteiger partial charge in [-0.25, -0.2) is 13.8 Å². The second-order valence-corrected chi connectivity index (χ2v) is 6.33. The first kappa shape index (κ1) is 13.9. The van der Waals surface area contributed by atoms with E-state index in [1.807, 2.05) is 5.38 Å². The second-order valence-electron chi connectivity index (χ2n) is 5.39. The van der Waals surface area contributed by atoms with Crippen LogP contribution in [0.5, 0.6) is 0 Å². The van der Waals surface area contributed by atoms with Gasteiger partial charge < -0.3 is 5.32 Å². The zero-order valence-electron chi connectivity index (χ0n) is 11.1. The molecule has 1 N–H and O–H groups in total. The van der Waals surface area contributed by atoms with E-state index >= 15 is 0 Å². The third kappa shape index (κ3) is 3.73. The van der Waals surface area contributed by atoms with E-state index in [0.717, 1.165) is 16.8 Å². The highest BCUT2D eigenvalue weighted by Gasteiger charge is 2.17. The summed E-state index contributed by atoms with van der Waals surface area (Å²) >= 11 is 1.54. The van der Waals surface area contributed by atoms with Crippen molar-refractivity contribution in [3.05, 3.63) is 45.9 Å². The number of nitrogens with zero attached hydrogens (tertiary/aromatic N) is 1. The summed E-state index contributed by atoms with van der Waals surface area (Å²) in [5.74, 6) is -1.17. The van der Waals surface area contributed by atoms with E-state index in [1.165, 1.54) is 12.1 Å². The minimum absolute atomic E-state index is 0.0136. The van der Waals surface area contributed by atoms with Crippen LogP contribution in [-0.4, -0.2) is 4.98 Å². The number of hydrogen-bond donors (Lipinski definition) is 1. The molecule has 0 unspecified atom stereocenters. The maximum atomic E-state index is 13.0. The van der Waals surface area contributed by atoms with E-state index in [1.54, 1.807) is 11.3 Å². The van der Waals surface area contributed by atoms with Crippen molar-refractivity contribution >= 4 is 17.0 Å². The lowest BCUT2D eigenvalue weighted by Crippen LogP contribution is -2.11. The number of benzene rings is 1. The van der Waals surface area contributed by atoms with Gasteiger partial charge in [0.1, 0.15) is 16.6 Å². The minimum Gasteiger partial charge on any atom is -0.378 e. The van der Waals surface area contributed by atoms with Gasteiger partial charge in [0.15, 0.2) is 0 Å². The zero-order chi connectivity index (χ0) is 14.0. The fourth-order valence-corrected chi connectivity index (χ4v) is 2.53. The van der Waals surface area contributed by atoms with Crippen LogP contribution in [0.3, 0.4) is 0 Å². The van der Waals surface area contributed by atoms with Gasteiger partial charge in [0.2, 0.25) is 0 Å². The van der Waals surface area contributed by atoms with Crippen LogP contribution in [0.1, 0.15) is 31.5 Å². The van der Waals surface area contributed by atoms with Crippen molar-refractivity contribution in [2.45, 2.75) is 32.7 Å². The predicted molar refractivity (Wildman–Crippen MR) is 74.5 cm³/mol. The van der Waals surface area contributed by atoms with E-state index in [2.05, 4.69) is 31.1 Å². The fraction of sp³-hybridized carbons (Fsp3) is 0.357. The Bertz CT molecular complexity index is 553. The first-order valence-electron chi connectivity index (χ1n) is 5.99. The number of halogens is 2. The molecule has 1 heterocycles. The topological polar surface area (TPSA) is 24.9 Å². The Morgan fingerprint density at radius 2 is 1.79 bits per heavy atom. The SMILES string of the molecule is CC(C)(C)c1csc(CNc2cc(F)cc(F)c2)n1. The molecule has 0 fully saturated rings. The second kappa shape index (κ2) is 5.25. The maximum Gasteiger partial charge on any atom is 0.128 e. The van der Waals surface area contributed by atoms with Crippen LogP contribution in [0.15, 0.2) is 23.6 Å². The Kier molecular flexibility index (Phi) is 3.85. The van der Waals surface area contributed by atoms with E-state index in [0.29, 0.717) is 12.2 Å². The lowest BCUT2D eigenvalue weighted by atomic mass is 9.93. The number of anilines is 1. The van der Waals surface area contributed by atoms with Gasteiger partial charge in [0, 0.05) is 22.5 Å². The van der Waals surface area contributed by atoms with Gasteiger partial charge in [-0.15, -0.1) is 11.3 Å². The first-order chi connectivity index (χ1) is 8.84. The number of rotatable bonds is 3. The summed E-state index contributed by atoms with van der Waals surface area (Å²) in [6.07, 6.45) is 0. The van der Waals surface area contributed by atoms with Crippen molar-refractivity contribution in [3.8, 4) is 0 Å². The monoisotopic (exact) mass is 282 g/mol. The van der Waals surface area contributed by atoms with Crippen LogP contribution in [0, 0.1) is 11.6 Å². The number of hydrogen-bond acceptors (Lipinski definition) is 3. The summed E-state index contributed by atoms with van der Waals surface area (Å²) in [6, 6.07) is 3.38. The Labute approximate surface area is 115 Å². The van der Waals surface area contributed by atoms with E-state index in [9.17, 15) is 8.78 Å². The highest BCUT2D eigenvalue weighted by atomic mass is 32.1. The molecule has 1 aromatic carbocycles. The molecule has 0 saturated heterocycles. The Balaban J connectivity index is 2.04. The smallest absolute Gasteiger partial charge is 0.128 e. The lowest BCUT2D eigenvalue weighted by molar-refractivity contribution is 0.571. The van der Waals surface area contributed by atoms with Gasteiger partial charge >= 0.3 is 0 Å². The van der Waals surface area contributed by atoms with Gasteiger partial charge in [-0.1, -0.05) is 20.8 Å². The zero-order valence-corrected chi connectivity index (χ0v) is 11.9. The highest BCUT2D eigenvalue weighted by Crippen LogP contribution is 2.24. The average Bonchev–Trinajstić information content (AvgIpc) is 2.73. The molecule has 2 aromatic rings. The minimum atomic E-state index is -0.586. The van der Waals surface area contributed by atoms with Crippen LogP contribution in [0.2, 0.25) is 0 Å². The summed E-state index contributed by atoms with van der Waals surface area (Å²) in [5.41, 5.74) is 1.46. The molecule has 19 heavy (non-hydrogen) atoms. The van der Waals surface area contributed by atoms with Crippen molar-refractivity contribution in [2.24, 2.45) is 0 Å². The van der Waals surface area contributed by atoms with E-state index in [-0.39, 0.29) is 5.41 Å². The fourth-order valence-electron chi connectivity index (χ4n) is 1.57. The molecule has 0 spiro atoms. The molecule has 0 radical (unpaired) electrons. The largest absolute Gasteiger partial charge is 0.378 e. The van der Waals surface area contributed by atoms with Crippen molar-refractivity contribution in [2.75, 3.05) is 5.32 Å². The molecular formula is C14H16F2N2S. The molecule has 5 heteroatoms. The van der Waals surface area contributed by atoms with Gasteiger partial charge in [-0.05, 0) is 12.1 Å². The summed E-state index contributed by atoms with van der Waals surface area (Å²) in [4.78, 5) is 4.51. The molecule has 102 valence electrons. The molecule has 0 aliphatic carbocycles. The van der Waals surface area contributed by atoms with Crippen molar-refractivity contribution in [1.29, 1.82) is 0 Å². The number of nitrogens with one attached hydrogen (secondary N) is 1. The Hall–Kier alpha value is -1.49. The standard InChI is InChI=1S/C14H16F2N2S/c1-14(2,3)12-8-19-13(18-12)7-17-11-5-9(15)4-10(16)6-11/h4-6,8,17H,7H2,1-3H3. The molecule has 0 atom stereocenters. The van der Waals surface area contributed by atoms with Gasteiger partial charge in [0.25, 0.3) is 0 Å². The highest BCUT2D eigenvalue weighted by molar-refractivity contribution is 7.09. The quantitative estimate of drug-likeness (QED) is 0.906. The molecule has 0 bridgehead atoms. The van der Waals surface area contributed by atoms with Crippen LogP contribution in [-0.2, 0) is 12.0 Å². The van der Waals surface area contributed by atoms with Gasteiger partial charge in [-0.2, -0.15) is 0 Å². The Morgan fingerprint density at radius 3 is 2.32 bits per heavy atom. The Morgan fingerprint density at radius 1 is 1.16 bits per heavy atom. The molecule has 0 amide bonds. The lowest BCUT2D eigenvalue weighted by Gasteiger charge is -2.14. The first-order valence-corrected chi connectivity index (χ1v) is 6.87. The third-order valence-electron chi connectivity index (χ3n) is 2.63. The molecular weight excluding hydrogens is 266 g/mol. The summed E-state index contributed by atoms with van der Waals surface area (Å²) in [5, 5.41) is 5.89. The van der Waals surface area contributed by atoms with Crippen molar-refractivity contribution < 1.29 is 8.78 Å². The summed E-state index contributed by atoms with van der Waals surface area (Å²) < 4.78 is 26.0. The maximum absolute atomic E-state index is 13.0. The van der Waals surface area contributed by atoms with E-state index in [4.69, 9.17) is 0 Å². The van der Waals surface area contributed by atoms with Gasteiger partial charge in [-0.3, -0.25) is 0 Å². The van der Waals surface area contributed by atoms with Crippen molar-refractivity contribution in [1.82, 2.24) is 4.98 Å². The molecule has 1 aromatic heterocycles. The van der Waals surface area contributed by atoms with Crippen LogP contribution in [0.4, 0.5) is 14.5 Å². The van der Waals surface area contributed by atoms with Crippen LogP contribution in [0.25, 0.3) is 0 Å². The van der Waals surface area contributed by atoms with Crippen LogP contribution < -0.4 is 5.32 Å². The predicted octanol–water partition coefficient (Wildman–Crippen LogP) is 4.33. The molecule has 0 saturated carbocycles. The molecule has 0 aliphatic rings. The third-order valence-corrected chi connectivity index (χ3v) is 3.48. The molecule has 2 nitrogen and oxygen atoms in total. The van der Waals surface area contributed by atoms with Crippen molar-refractivity contribution in [3.63, 3.8) is 0 Å². The van der Waals surface area contributed by atoms with Gasteiger partial charge in [0.05, 0.1) is 12.2 Å². The van der Waals surface area contributed by atoms with Crippen LogP contribution >= 0.6 is 11.3 Å². The summed E-state index contributed by atoms with van der Waals surface area (Å²) in [6.45, 7) is 6.76. The number of thiazole rings is 1. The molecule has 2 rings (SSSR count). The normalized spacial score (nSPS) is 11.6. The average molecular weight is 282 g/mol. The number of aromatic nitrogens is 1. The molecule has 0 aliphatic heterocycles. The van der Waals surface area contributed by atoms with E-state index < -0.39 is 11.6 Å².